The summed E-state index contributed by atoms with van der Waals surface area (Å²) in [7, 11) is 0. The summed E-state index contributed by atoms with van der Waals surface area (Å²) in [4.78, 5) is 11.6. The van der Waals surface area contributed by atoms with Crippen LogP contribution in [0, 0.1) is 16.7 Å². The van der Waals surface area contributed by atoms with E-state index in [9.17, 15) is 4.79 Å². The largest absolute Gasteiger partial charge is 0 e. The Bertz CT molecular complexity index is 227. The van der Waals surface area contributed by atoms with Crippen molar-refractivity contribution in [2.24, 2.45) is 16.7 Å². The number of hydrogen-bond acceptors (Lipinski definition) is 1. The van der Waals surface area contributed by atoms with E-state index < -0.39 is 0 Å². The van der Waals surface area contributed by atoms with Gasteiger partial charge in [0.15, 0.2) is 0 Å². The van der Waals surface area contributed by atoms with E-state index in [0.29, 0.717) is 11.7 Å². The van der Waals surface area contributed by atoms with Gasteiger partial charge in [-0.2, -0.15) is 0 Å². The van der Waals surface area contributed by atoms with Crippen molar-refractivity contribution in [2.75, 3.05) is 0 Å². The molecule has 2 saturated carbocycles. The molecule has 1 nitrogen and oxygen atoms in total. The smallest absolute Gasteiger partial charge is 0 e. The molecule has 0 N–H and O–H groups in total. The van der Waals surface area contributed by atoms with E-state index in [4.69, 9.17) is 0 Å². The van der Waals surface area contributed by atoms with Crippen molar-refractivity contribution < 1.29 is 24.3 Å². The van der Waals surface area contributed by atoms with Crippen LogP contribution in [0.3, 0.4) is 0 Å². The standard InChI is InChI=1S/C10H16O.H2Se.Zn/c1-9(2)7-4-5-10(9,3)8(11)6-7;;/h7H,4-6H2,1-3H3;1H2;. The molecule has 2 atom stereocenters. The molecule has 0 spiro atoms. The third kappa shape index (κ3) is 1.48. The minimum absolute atomic E-state index is 0. The van der Waals surface area contributed by atoms with Gasteiger partial charge in [0, 0.05) is 31.3 Å². The van der Waals surface area contributed by atoms with Gasteiger partial charge >= 0.3 is 17.1 Å². The molecule has 0 aromatic carbocycles. The van der Waals surface area contributed by atoms with Crippen LogP contribution in [0.2, 0.25) is 0 Å². The maximum Gasteiger partial charge on any atom is 0 e. The van der Waals surface area contributed by atoms with Crippen molar-refractivity contribution in [1.82, 2.24) is 0 Å². The Morgan fingerprint density at radius 3 is 2.00 bits per heavy atom. The molecule has 0 aromatic rings. The van der Waals surface area contributed by atoms with E-state index in [0.717, 1.165) is 12.8 Å². The summed E-state index contributed by atoms with van der Waals surface area (Å²) in [5.74, 6) is 1.19. The zero-order valence-corrected chi connectivity index (χ0v) is 13.9. The van der Waals surface area contributed by atoms with E-state index in [1.165, 1.54) is 6.42 Å². The number of ketones is 1. The van der Waals surface area contributed by atoms with Gasteiger partial charge < -0.3 is 0 Å². The van der Waals surface area contributed by atoms with Gasteiger partial charge in [-0.05, 0) is 24.2 Å². The molecule has 2 bridgehead atoms. The van der Waals surface area contributed by atoms with Crippen LogP contribution in [0.4, 0.5) is 0 Å². The summed E-state index contributed by atoms with van der Waals surface area (Å²) in [6.45, 7) is 6.67. The average molecular weight is 299 g/mol. The maximum absolute atomic E-state index is 11.6. The van der Waals surface area contributed by atoms with Gasteiger partial charge in [-0.3, -0.25) is 4.79 Å². The van der Waals surface area contributed by atoms with Crippen molar-refractivity contribution in [3.05, 3.63) is 0 Å². The molecule has 3 heteroatoms. The van der Waals surface area contributed by atoms with Crippen molar-refractivity contribution in [3.63, 3.8) is 0 Å². The molecule has 2 rings (SSSR count). The molecule has 0 heterocycles. The van der Waals surface area contributed by atoms with Crippen molar-refractivity contribution in [1.29, 1.82) is 0 Å². The van der Waals surface area contributed by atoms with Gasteiger partial charge in [-0.25, -0.2) is 0 Å². The molecular weight excluding hydrogens is 280 g/mol. The summed E-state index contributed by atoms with van der Waals surface area (Å²) in [6.07, 6.45) is 3.25. The molecule has 0 radical (unpaired) electrons. The third-order valence-corrected chi connectivity index (χ3v) is 4.48. The fourth-order valence-corrected chi connectivity index (χ4v) is 2.90. The second kappa shape index (κ2) is 3.76. The predicted molar refractivity (Wildman–Crippen MR) is 52.8 cm³/mol. The summed E-state index contributed by atoms with van der Waals surface area (Å²) in [5.41, 5.74) is 0.307. The molecule has 72 valence electrons. The van der Waals surface area contributed by atoms with E-state index in [2.05, 4.69) is 20.8 Å². The van der Waals surface area contributed by atoms with E-state index in [1.807, 2.05) is 0 Å². The topological polar surface area (TPSA) is 17.1 Å². The molecule has 0 amide bonds. The molecule has 2 aliphatic rings. The van der Waals surface area contributed by atoms with Crippen LogP contribution in [-0.2, 0) is 24.3 Å². The van der Waals surface area contributed by atoms with Crippen LogP contribution in [0.25, 0.3) is 0 Å². The zero-order valence-electron chi connectivity index (χ0n) is 8.81. The average Bonchev–Trinajstić information content (AvgIpc) is 2.20. The van der Waals surface area contributed by atoms with Crippen molar-refractivity contribution in [3.8, 4) is 0 Å². The summed E-state index contributed by atoms with van der Waals surface area (Å²) >= 11 is 0. The first-order valence-electron chi connectivity index (χ1n) is 4.52. The number of rotatable bonds is 0. The van der Waals surface area contributed by atoms with Crippen LogP contribution in [-0.4, -0.2) is 22.9 Å². The van der Waals surface area contributed by atoms with Crippen LogP contribution in [0.5, 0.6) is 0 Å². The number of hydrogen-bond donors (Lipinski definition) is 0. The Hall–Kier alpha value is 0.813. The summed E-state index contributed by atoms with van der Waals surface area (Å²) < 4.78 is 0. The van der Waals surface area contributed by atoms with Gasteiger partial charge in [0.25, 0.3) is 0 Å². The van der Waals surface area contributed by atoms with Crippen LogP contribution in [0.15, 0.2) is 0 Å². The number of carbonyl (C=O) groups excluding carboxylic acids is 1. The van der Waals surface area contributed by atoms with Gasteiger partial charge in [0.1, 0.15) is 5.78 Å². The molecule has 0 aromatic heterocycles. The number of fused-ring (bicyclic) bond motifs is 2. The second-order valence-corrected chi connectivity index (χ2v) is 4.92. The predicted octanol–water partition coefficient (Wildman–Crippen LogP) is 1.48. The number of Topliss-reactive ketones (excluding diaryl/α,β-unsaturated/α-hetero) is 1. The molecular formula is C10H18OSeZn. The zero-order chi connectivity index (χ0) is 8.28. The first-order chi connectivity index (χ1) is 4.98. The molecule has 2 unspecified atom stereocenters. The van der Waals surface area contributed by atoms with Gasteiger partial charge in [-0.1, -0.05) is 20.8 Å². The van der Waals surface area contributed by atoms with Crippen LogP contribution in [0.1, 0.15) is 40.0 Å². The Labute approximate surface area is 104 Å². The molecule has 0 aliphatic heterocycles. The Kier molecular flexibility index (Phi) is 3.99. The SMILES string of the molecule is CC12CCC(CC1=O)C2(C)C.[SeH2].[Zn]. The van der Waals surface area contributed by atoms with Gasteiger partial charge in [0.2, 0.25) is 0 Å². The van der Waals surface area contributed by atoms with Crippen molar-refractivity contribution in [2.45, 2.75) is 40.0 Å². The normalized spacial score (nSPS) is 39.6. The minimum atomic E-state index is 0. The Morgan fingerprint density at radius 2 is 1.85 bits per heavy atom. The molecule has 2 fully saturated rings. The van der Waals surface area contributed by atoms with Crippen LogP contribution >= 0.6 is 0 Å². The molecule has 0 saturated heterocycles. The van der Waals surface area contributed by atoms with Gasteiger partial charge in [0.05, 0.1) is 0 Å². The fourth-order valence-electron chi connectivity index (χ4n) is 2.90. The fraction of sp³-hybridized carbons (Fsp3) is 0.900. The van der Waals surface area contributed by atoms with Gasteiger partial charge in [-0.15, -0.1) is 0 Å². The third-order valence-electron chi connectivity index (χ3n) is 4.48. The summed E-state index contributed by atoms with van der Waals surface area (Å²) in [5, 5.41) is 0. The molecule has 2 aliphatic carbocycles. The second-order valence-electron chi connectivity index (χ2n) is 4.92. The number of carbonyl (C=O) groups is 1. The first kappa shape index (κ1) is 13.8. The Morgan fingerprint density at radius 1 is 1.31 bits per heavy atom. The molecule has 13 heavy (non-hydrogen) atoms. The summed E-state index contributed by atoms with van der Waals surface area (Å²) in [6, 6.07) is 0. The quantitative estimate of drug-likeness (QED) is 0.619. The van der Waals surface area contributed by atoms with Crippen molar-refractivity contribution >= 4 is 22.9 Å². The maximum atomic E-state index is 11.6. The van der Waals surface area contributed by atoms with E-state index >= 15 is 0 Å². The Balaban J connectivity index is 0.000000720. The first-order valence-corrected chi connectivity index (χ1v) is 4.52. The van der Waals surface area contributed by atoms with Crippen LogP contribution < -0.4 is 0 Å². The minimum Gasteiger partial charge on any atom is 0 e. The van der Waals surface area contributed by atoms with E-state index in [1.54, 1.807) is 0 Å². The van der Waals surface area contributed by atoms with E-state index in [-0.39, 0.29) is 47.4 Å². The monoisotopic (exact) mass is 298 g/mol.